The molecular formula is C14H19N3O5S. The van der Waals surface area contributed by atoms with Crippen molar-refractivity contribution in [2.24, 2.45) is 5.92 Å². The van der Waals surface area contributed by atoms with Crippen molar-refractivity contribution in [1.82, 2.24) is 10.0 Å². The maximum absolute atomic E-state index is 12.3. The number of amides is 1. The number of hydrogen-bond donors (Lipinski definition) is 4. The average Bonchev–Trinajstić information content (AvgIpc) is 2.47. The number of carbonyl (C=O) groups excluding carboxylic acids is 1. The molecule has 0 aromatic heterocycles. The summed E-state index contributed by atoms with van der Waals surface area (Å²) < 4.78 is 27.2. The highest BCUT2D eigenvalue weighted by atomic mass is 32.2. The van der Waals surface area contributed by atoms with Gasteiger partial charge in [0.15, 0.2) is 0 Å². The Bertz CT molecular complexity index is 687. The molecule has 2 rings (SSSR count). The van der Waals surface area contributed by atoms with Crippen LogP contribution in [0.5, 0.6) is 0 Å². The van der Waals surface area contributed by atoms with Gasteiger partial charge in [-0.15, -0.1) is 0 Å². The van der Waals surface area contributed by atoms with Crippen LogP contribution in [0.25, 0.3) is 0 Å². The number of aliphatic carboxylic acids is 1. The smallest absolute Gasteiger partial charge is 0.307 e. The zero-order chi connectivity index (χ0) is 17.0. The van der Waals surface area contributed by atoms with Crippen LogP contribution < -0.4 is 15.4 Å². The largest absolute Gasteiger partial charge is 0.481 e. The van der Waals surface area contributed by atoms with Crippen LogP contribution in [-0.2, 0) is 19.6 Å². The Morgan fingerprint density at radius 1 is 1.22 bits per heavy atom. The first-order valence-electron chi connectivity index (χ1n) is 7.11. The van der Waals surface area contributed by atoms with Crippen molar-refractivity contribution in [3.63, 3.8) is 0 Å². The summed E-state index contributed by atoms with van der Waals surface area (Å²) in [6, 6.07) is 5.28. The zero-order valence-corrected chi connectivity index (χ0v) is 13.4. The lowest BCUT2D eigenvalue weighted by Crippen LogP contribution is -2.50. The number of carboxylic acid groups (broad SMARTS) is 1. The van der Waals surface area contributed by atoms with Crippen LogP contribution in [0.1, 0.15) is 13.3 Å². The number of anilines is 1. The number of hydrogen-bond acceptors (Lipinski definition) is 5. The Morgan fingerprint density at radius 3 is 2.43 bits per heavy atom. The third-order valence-electron chi connectivity index (χ3n) is 3.51. The standard InChI is InChI=1S/C14H19N3O5S/c1-9(18)16-11-2-4-13(5-3-11)23(21,22)17-12-6-10(14(19)20)7-15-8-12/h2-5,10,12,15,17H,6-8H2,1H3,(H,16,18)(H,19,20)/t10-,12+/m0/s1. The molecule has 4 N–H and O–H groups in total. The highest BCUT2D eigenvalue weighted by Gasteiger charge is 2.29. The van der Waals surface area contributed by atoms with Gasteiger partial charge in [-0.05, 0) is 30.7 Å². The molecule has 1 saturated heterocycles. The summed E-state index contributed by atoms with van der Waals surface area (Å²) in [7, 11) is -3.75. The predicted octanol–water partition coefficient (Wildman–Crippen LogP) is -0.0140. The lowest BCUT2D eigenvalue weighted by atomic mass is 9.97. The van der Waals surface area contributed by atoms with E-state index in [0.717, 1.165) is 0 Å². The SMILES string of the molecule is CC(=O)Nc1ccc(S(=O)(=O)N[C@H]2CNC[C@@H](C(=O)O)C2)cc1. The molecular weight excluding hydrogens is 322 g/mol. The fraction of sp³-hybridized carbons (Fsp3) is 0.429. The van der Waals surface area contributed by atoms with Gasteiger partial charge in [0, 0.05) is 31.7 Å². The molecule has 0 spiro atoms. The van der Waals surface area contributed by atoms with Gasteiger partial charge in [-0.3, -0.25) is 9.59 Å². The maximum Gasteiger partial charge on any atom is 0.307 e. The van der Waals surface area contributed by atoms with E-state index in [1.54, 1.807) is 0 Å². The fourth-order valence-electron chi connectivity index (χ4n) is 2.43. The highest BCUT2D eigenvalue weighted by Crippen LogP contribution is 2.17. The summed E-state index contributed by atoms with van der Waals surface area (Å²) in [5.74, 6) is -1.80. The zero-order valence-electron chi connectivity index (χ0n) is 12.6. The maximum atomic E-state index is 12.3. The monoisotopic (exact) mass is 341 g/mol. The Morgan fingerprint density at radius 2 is 1.87 bits per heavy atom. The number of rotatable bonds is 5. The third kappa shape index (κ3) is 4.75. The van der Waals surface area contributed by atoms with Crippen molar-refractivity contribution in [1.29, 1.82) is 0 Å². The van der Waals surface area contributed by atoms with Crippen molar-refractivity contribution in [2.45, 2.75) is 24.3 Å². The molecule has 2 atom stereocenters. The van der Waals surface area contributed by atoms with E-state index in [1.165, 1.54) is 31.2 Å². The molecule has 1 fully saturated rings. The summed E-state index contributed by atoms with van der Waals surface area (Å²) in [6.45, 7) is 2.08. The van der Waals surface area contributed by atoms with E-state index in [2.05, 4.69) is 15.4 Å². The van der Waals surface area contributed by atoms with Crippen LogP contribution in [-0.4, -0.2) is 44.5 Å². The van der Waals surface area contributed by atoms with Gasteiger partial charge in [-0.1, -0.05) is 0 Å². The highest BCUT2D eigenvalue weighted by molar-refractivity contribution is 7.89. The number of sulfonamides is 1. The summed E-state index contributed by atoms with van der Waals surface area (Å²) in [5.41, 5.74) is 0.502. The molecule has 1 aromatic carbocycles. The minimum absolute atomic E-state index is 0.0593. The summed E-state index contributed by atoms with van der Waals surface area (Å²) in [5, 5.41) is 14.5. The first kappa shape index (κ1) is 17.4. The van der Waals surface area contributed by atoms with Crippen molar-refractivity contribution >= 4 is 27.6 Å². The molecule has 23 heavy (non-hydrogen) atoms. The van der Waals surface area contributed by atoms with E-state index >= 15 is 0 Å². The van der Waals surface area contributed by atoms with Gasteiger partial charge in [0.25, 0.3) is 0 Å². The quantitative estimate of drug-likeness (QED) is 0.597. The normalized spacial score (nSPS) is 21.6. The molecule has 0 aliphatic carbocycles. The third-order valence-corrected chi connectivity index (χ3v) is 5.04. The van der Waals surface area contributed by atoms with Crippen molar-refractivity contribution in [2.75, 3.05) is 18.4 Å². The number of nitrogens with one attached hydrogen (secondary N) is 3. The van der Waals surface area contributed by atoms with Crippen LogP contribution in [0.4, 0.5) is 5.69 Å². The van der Waals surface area contributed by atoms with Gasteiger partial charge in [0.1, 0.15) is 0 Å². The molecule has 8 nitrogen and oxygen atoms in total. The van der Waals surface area contributed by atoms with Gasteiger partial charge >= 0.3 is 5.97 Å². The molecule has 0 bridgehead atoms. The van der Waals surface area contributed by atoms with Gasteiger partial charge in [-0.2, -0.15) is 0 Å². The second-order valence-electron chi connectivity index (χ2n) is 5.45. The Kier molecular flexibility index (Phi) is 5.34. The van der Waals surface area contributed by atoms with Gasteiger partial charge in [-0.25, -0.2) is 13.1 Å². The van der Waals surface area contributed by atoms with Crippen molar-refractivity contribution < 1.29 is 23.1 Å². The van der Waals surface area contributed by atoms with Crippen LogP contribution in [0, 0.1) is 5.92 Å². The number of piperidine rings is 1. The Hall–Kier alpha value is -1.97. The van der Waals surface area contributed by atoms with E-state index in [1.807, 2.05) is 0 Å². The lowest BCUT2D eigenvalue weighted by molar-refractivity contribution is -0.142. The van der Waals surface area contributed by atoms with E-state index in [9.17, 15) is 18.0 Å². The second kappa shape index (κ2) is 7.07. The molecule has 1 aliphatic rings. The average molecular weight is 341 g/mol. The Balaban J connectivity index is 2.06. The van der Waals surface area contributed by atoms with Crippen LogP contribution in [0.3, 0.4) is 0 Å². The van der Waals surface area contributed by atoms with Gasteiger partial charge in [0.2, 0.25) is 15.9 Å². The van der Waals surface area contributed by atoms with Crippen molar-refractivity contribution in [3.05, 3.63) is 24.3 Å². The molecule has 0 radical (unpaired) electrons. The molecule has 1 aromatic rings. The van der Waals surface area contributed by atoms with E-state index < -0.39 is 28.0 Å². The van der Waals surface area contributed by atoms with Crippen molar-refractivity contribution in [3.8, 4) is 0 Å². The van der Waals surface area contributed by atoms with Crippen LogP contribution >= 0.6 is 0 Å². The van der Waals surface area contributed by atoms with Crippen LogP contribution in [0.2, 0.25) is 0 Å². The minimum atomic E-state index is -3.75. The summed E-state index contributed by atoms with van der Waals surface area (Å²) >= 11 is 0. The molecule has 9 heteroatoms. The van der Waals surface area contributed by atoms with E-state index in [-0.39, 0.29) is 17.2 Å². The number of benzene rings is 1. The number of carbonyl (C=O) groups is 2. The molecule has 1 aliphatic heterocycles. The fourth-order valence-corrected chi connectivity index (χ4v) is 3.68. The topological polar surface area (TPSA) is 125 Å². The van der Waals surface area contributed by atoms with E-state index in [0.29, 0.717) is 18.8 Å². The first-order valence-corrected chi connectivity index (χ1v) is 8.60. The van der Waals surface area contributed by atoms with Gasteiger partial charge in [0.05, 0.1) is 10.8 Å². The summed E-state index contributed by atoms with van der Waals surface area (Å²) in [4.78, 5) is 22.0. The first-order chi connectivity index (χ1) is 10.8. The molecule has 1 heterocycles. The molecule has 126 valence electrons. The lowest BCUT2D eigenvalue weighted by Gasteiger charge is -2.28. The number of carboxylic acids is 1. The molecule has 0 unspecified atom stereocenters. The van der Waals surface area contributed by atoms with Crippen LogP contribution in [0.15, 0.2) is 29.2 Å². The molecule has 1 amide bonds. The minimum Gasteiger partial charge on any atom is -0.481 e. The second-order valence-corrected chi connectivity index (χ2v) is 7.17. The van der Waals surface area contributed by atoms with E-state index in [4.69, 9.17) is 5.11 Å². The predicted molar refractivity (Wildman–Crippen MR) is 83.5 cm³/mol. The molecule has 0 saturated carbocycles. The van der Waals surface area contributed by atoms with Gasteiger partial charge < -0.3 is 15.7 Å². The Labute approximate surface area is 134 Å². The summed E-state index contributed by atoms with van der Waals surface area (Å²) in [6.07, 6.45) is 0.242.